The van der Waals surface area contributed by atoms with Gasteiger partial charge in [-0.2, -0.15) is 0 Å². The van der Waals surface area contributed by atoms with Crippen LogP contribution in [0.2, 0.25) is 5.02 Å². The van der Waals surface area contributed by atoms with Crippen molar-refractivity contribution in [1.29, 1.82) is 0 Å². The molecular weight excluding hydrogens is 377 g/mol. The Kier molecular flexibility index (Phi) is 7.66. The van der Waals surface area contributed by atoms with E-state index in [1.54, 1.807) is 18.3 Å². The monoisotopic (exact) mass is 397 g/mol. The number of carbonyl (C=O) groups excluding carboxylic acids is 1. The lowest BCUT2D eigenvalue weighted by molar-refractivity contribution is -0.117. The summed E-state index contributed by atoms with van der Waals surface area (Å²) in [7, 11) is 0. The Hall–Kier alpha value is -1.86. The smallest absolute Gasteiger partial charge is 0.250 e. The van der Waals surface area contributed by atoms with Gasteiger partial charge in [-0.15, -0.1) is 12.4 Å². The van der Waals surface area contributed by atoms with Crippen molar-refractivity contribution in [2.24, 2.45) is 0 Å². The Morgan fingerprint density at radius 2 is 2.12 bits per heavy atom. The first-order chi connectivity index (χ1) is 12.1. The predicted molar refractivity (Wildman–Crippen MR) is 104 cm³/mol. The van der Waals surface area contributed by atoms with E-state index >= 15 is 0 Å². The van der Waals surface area contributed by atoms with Crippen LogP contribution in [0, 0.1) is 0 Å². The highest BCUT2D eigenvalue weighted by molar-refractivity contribution is 6.31. The second-order valence-corrected chi connectivity index (χ2v) is 6.36. The van der Waals surface area contributed by atoms with Crippen molar-refractivity contribution in [1.82, 2.24) is 9.88 Å². The standard InChI is InChI=1S/C18H20ClN3O3.ClH/c19-16-4-2-1-3-13(16)10-22-11-14(5-6-18(22)24)21-17(23)9-15-12-25-8-7-20-15;/h1-6,11,15,20H,7-10,12H2,(H,21,23);1H. The lowest BCUT2D eigenvalue weighted by atomic mass is 10.2. The Bertz CT molecular complexity index is 804. The van der Waals surface area contributed by atoms with Crippen LogP contribution < -0.4 is 16.2 Å². The van der Waals surface area contributed by atoms with E-state index in [9.17, 15) is 9.59 Å². The van der Waals surface area contributed by atoms with Gasteiger partial charge in [0.15, 0.2) is 0 Å². The van der Waals surface area contributed by atoms with E-state index in [1.807, 2.05) is 18.2 Å². The summed E-state index contributed by atoms with van der Waals surface area (Å²) < 4.78 is 6.87. The zero-order valence-electron chi connectivity index (χ0n) is 14.1. The molecule has 0 spiro atoms. The van der Waals surface area contributed by atoms with E-state index in [1.165, 1.54) is 10.6 Å². The van der Waals surface area contributed by atoms with Gasteiger partial charge < -0.3 is 19.9 Å². The minimum atomic E-state index is -0.153. The number of halogens is 2. The van der Waals surface area contributed by atoms with Crippen LogP contribution in [-0.2, 0) is 16.1 Å². The second-order valence-electron chi connectivity index (χ2n) is 5.95. The molecule has 2 N–H and O–H groups in total. The number of benzene rings is 1. The fourth-order valence-corrected chi connectivity index (χ4v) is 2.92. The van der Waals surface area contributed by atoms with Crippen LogP contribution in [0.1, 0.15) is 12.0 Å². The van der Waals surface area contributed by atoms with Gasteiger partial charge in [0.25, 0.3) is 5.56 Å². The Morgan fingerprint density at radius 3 is 2.85 bits per heavy atom. The summed E-state index contributed by atoms with van der Waals surface area (Å²) in [6.45, 7) is 2.30. The maximum Gasteiger partial charge on any atom is 0.250 e. The number of pyridine rings is 1. The molecule has 0 bridgehead atoms. The molecule has 1 amide bonds. The highest BCUT2D eigenvalue weighted by Crippen LogP contribution is 2.16. The molecule has 26 heavy (non-hydrogen) atoms. The van der Waals surface area contributed by atoms with Crippen LogP contribution >= 0.6 is 24.0 Å². The number of nitrogens with one attached hydrogen (secondary N) is 2. The molecule has 0 aliphatic carbocycles. The molecule has 1 aromatic carbocycles. The lowest BCUT2D eigenvalue weighted by Crippen LogP contribution is -2.43. The molecule has 6 nitrogen and oxygen atoms in total. The number of hydrogen-bond donors (Lipinski definition) is 2. The fourth-order valence-electron chi connectivity index (χ4n) is 2.73. The first-order valence-corrected chi connectivity index (χ1v) is 8.54. The molecule has 0 radical (unpaired) electrons. The summed E-state index contributed by atoms with van der Waals surface area (Å²) in [4.78, 5) is 24.2. The van der Waals surface area contributed by atoms with Crippen molar-refractivity contribution >= 4 is 35.6 Å². The van der Waals surface area contributed by atoms with Gasteiger partial charge in [-0.25, -0.2) is 0 Å². The van der Waals surface area contributed by atoms with Gasteiger partial charge in [0.05, 0.1) is 25.4 Å². The van der Waals surface area contributed by atoms with Gasteiger partial charge in [0.1, 0.15) is 0 Å². The van der Waals surface area contributed by atoms with Gasteiger partial charge >= 0.3 is 0 Å². The Morgan fingerprint density at radius 1 is 1.31 bits per heavy atom. The topological polar surface area (TPSA) is 72.4 Å². The Balaban J connectivity index is 0.00000243. The molecule has 1 aliphatic heterocycles. The normalized spacial score (nSPS) is 16.6. The summed E-state index contributed by atoms with van der Waals surface area (Å²) in [6.07, 6.45) is 1.96. The van der Waals surface area contributed by atoms with Crippen LogP contribution in [-0.4, -0.2) is 36.3 Å². The quantitative estimate of drug-likeness (QED) is 0.811. The second kappa shape index (κ2) is 9.73. The van der Waals surface area contributed by atoms with Gasteiger partial charge in [0.2, 0.25) is 5.91 Å². The Labute approximate surface area is 162 Å². The molecule has 1 fully saturated rings. The molecule has 2 heterocycles. The van der Waals surface area contributed by atoms with Gasteiger partial charge in [-0.3, -0.25) is 9.59 Å². The van der Waals surface area contributed by atoms with Crippen molar-refractivity contribution < 1.29 is 9.53 Å². The SMILES string of the molecule is Cl.O=C(CC1COCCN1)Nc1ccc(=O)n(Cc2ccccc2Cl)c1. The molecule has 1 saturated heterocycles. The van der Waals surface area contributed by atoms with Crippen molar-refractivity contribution in [3.05, 3.63) is 63.5 Å². The number of morpholine rings is 1. The minimum absolute atomic E-state index is 0. The number of anilines is 1. The molecule has 0 saturated carbocycles. The number of rotatable bonds is 5. The number of aromatic nitrogens is 1. The van der Waals surface area contributed by atoms with E-state index in [0.717, 1.165) is 12.1 Å². The molecule has 1 aromatic heterocycles. The summed E-state index contributed by atoms with van der Waals surface area (Å²) in [5.41, 5.74) is 1.27. The average molecular weight is 398 g/mol. The lowest BCUT2D eigenvalue weighted by Gasteiger charge is -2.23. The van der Waals surface area contributed by atoms with Crippen LogP contribution in [0.4, 0.5) is 5.69 Å². The van der Waals surface area contributed by atoms with Crippen LogP contribution in [0.25, 0.3) is 0 Å². The van der Waals surface area contributed by atoms with E-state index in [-0.39, 0.29) is 29.9 Å². The molecule has 1 aliphatic rings. The number of ether oxygens (including phenoxy) is 1. The van der Waals surface area contributed by atoms with Crippen molar-refractivity contribution in [2.45, 2.75) is 19.0 Å². The van der Waals surface area contributed by atoms with Crippen LogP contribution in [0.3, 0.4) is 0 Å². The predicted octanol–water partition coefficient (Wildman–Crippen LogP) is 2.29. The van der Waals surface area contributed by atoms with Gasteiger partial charge in [0, 0.05) is 36.3 Å². The first-order valence-electron chi connectivity index (χ1n) is 8.17. The van der Waals surface area contributed by atoms with E-state index in [2.05, 4.69) is 10.6 Å². The van der Waals surface area contributed by atoms with E-state index in [0.29, 0.717) is 36.9 Å². The third-order valence-corrected chi connectivity index (χ3v) is 4.36. The molecular formula is C18H21Cl2N3O3. The molecule has 3 rings (SSSR count). The number of carbonyl (C=O) groups is 1. The highest BCUT2D eigenvalue weighted by Gasteiger charge is 2.17. The van der Waals surface area contributed by atoms with E-state index in [4.69, 9.17) is 16.3 Å². The molecule has 2 aromatic rings. The van der Waals surface area contributed by atoms with Gasteiger partial charge in [-0.05, 0) is 17.7 Å². The zero-order chi connectivity index (χ0) is 17.6. The average Bonchev–Trinajstić information content (AvgIpc) is 2.60. The molecule has 8 heteroatoms. The minimum Gasteiger partial charge on any atom is -0.378 e. The zero-order valence-corrected chi connectivity index (χ0v) is 15.7. The number of hydrogen-bond acceptors (Lipinski definition) is 4. The summed E-state index contributed by atoms with van der Waals surface area (Å²) in [6, 6.07) is 10.4. The largest absolute Gasteiger partial charge is 0.378 e. The maximum absolute atomic E-state index is 12.2. The molecule has 140 valence electrons. The maximum atomic E-state index is 12.2. The third kappa shape index (κ3) is 5.57. The summed E-state index contributed by atoms with van der Waals surface area (Å²) in [5, 5.41) is 6.67. The van der Waals surface area contributed by atoms with Crippen molar-refractivity contribution in [3.8, 4) is 0 Å². The van der Waals surface area contributed by atoms with Crippen molar-refractivity contribution in [3.63, 3.8) is 0 Å². The molecule has 1 unspecified atom stereocenters. The number of amides is 1. The molecule has 1 atom stereocenters. The third-order valence-electron chi connectivity index (χ3n) is 4.00. The van der Waals surface area contributed by atoms with Crippen molar-refractivity contribution in [2.75, 3.05) is 25.1 Å². The fraction of sp³-hybridized carbons (Fsp3) is 0.333. The van der Waals surface area contributed by atoms with Crippen LogP contribution in [0.15, 0.2) is 47.4 Å². The van der Waals surface area contributed by atoms with Crippen LogP contribution in [0.5, 0.6) is 0 Å². The number of nitrogens with zero attached hydrogens (tertiary/aromatic N) is 1. The first kappa shape index (κ1) is 20.5. The summed E-state index contributed by atoms with van der Waals surface area (Å²) in [5.74, 6) is -0.119. The van der Waals surface area contributed by atoms with E-state index < -0.39 is 0 Å². The highest BCUT2D eigenvalue weighted by atomic mass is 35.5. The van der Waals surface area contributed by atoms with Gasteiger partial charge in [-0.1, -0.05) is 29.8 Å². The summed E-state index contributed by atoms with van der Waals surface area (Å²) >= 11 is 6.16.